The predicted molar refractivity (Wildman–Crippen MR) is 57.7 cm³/mol. The summed E-state index contributed by atoms with van der Waals surface area (Å²) in [5, 5.41) is 0.587. The van der Waals surface area contributed by atoms with Crippen LogP contribution in [-0.4, -0.2) is 14.7 Å². The molecule has 0 amide bonds. The number of hydrogen-bond acceptors (Lipinski definition) is 2. The zero-order valence-electron chi connectivity index (χ0n) is 6.92. The summed E-state index contributed by atoms with van der Waals surface area (Å²) in [6.45, 7) is 0. The highest BCUT2D eigenvalue weighted by Gasteiger charge is 2.07. The van der Waals surface area contributed by atoms with Gasteiger partial charge in [-0.15, -0.1) is 0 Å². The van der Waals surface area contributed by atoms with Gasteiger partial charge in [0.15, 0.2) is 9.84 Å². The number of rotatable bonds is 2. The zero-order chi connectivity index (χ0) is 10.1. The van der Waals surface area contributed by atoms with E-state index in [2.05, 4.69) is 15.9 Å². The van der Waals surface area contributed by atoms with E-state index < -0.39 is 9.84 Å². The minimum absolute atomic E-state index is 0.0325. The predicted octanol–water partition coefficient (Wildman–Crippen LogP) is 2.65. The first kappa shape index (κ1) is 11.0. The minimum Gasteiger partial charge on any atom is -0.229 e. The van der Waals surface area contributed by atoms with E-state index in [0.717, 1.165) is 10.0 Å². The van der Waals surface area contributed by atoms with Crippen LogP contribution in [0.5, 0.6) is 0 Å². The Kier molecular flexibility index (Phi) is 3.38. The van der Waals surface area contributed by atoms with E-state index in [-0.39, 0.29) is 5.75 Å². The second-order valence-electron chi connectivity index (χ2n) is 2.81. The van der Waals surface area contributed by atoms with Crippen molar-refractivity contribution in [2.24, 2.45) is 0 Å². The lowest BCUT2D eigenvalue weighted by Crippen LogP contribution is -2.01. The number of sulfone groups is 1. The molecule has 0 spiro atoms. The second kappa shape index (κ2) is 3.98. The third kappa shape index (κ3) is 3.67. The van der Waals surface area contributed by atoms with E-state index in [1.165, 1.54) is 6.26 Å². The molecule has 0 saturated carbocycles. The summed E-state index contributed by atoms with van der Waals surface area (Å²) in [7, 11) is -2.99. The van der Waals surface area contributed by atoms with Crippen molar-refractivity contribution in [2.75, 3.05) is 6.26 Å². The molecule has 0 bridgehead atoms. The molecule has 1 aromatic carbocycles. The van der Waals surface area contributed by atoms with Crippen LogP contribution in [0.4, 0.5) is 0 Å². The van der Waals surface area contributed by atoms with E-state index in [9.17, 15) is 8.42 Å². The third-order valence-electron chi connectivity index (χ3n) is 1.43. The van der Waals surface area contributed by atoms with Gasteiger partial charge in [0.1, 0.15) is 0 Å². The molecule has 0 radical (unpaired) electrons. The van der Waals surface area contributed by atoms with Crippen molar-refractivity contribution in [1.82, 2.24) is 0 Å². The first-order chi connectivity index (χ1) is 5.88. The molecular weight excluding hydrogens is 276 g/mol. The van der Waals surface area contributed by atoms with Crippen LogP contribution in [0, 0.1) is 0 Å². The molecule has 1 aromatic rings. The SMILES string of the molecule is CS(=O)(=O)Cc1ccc(Cl)cc1Br. The molecule has 13 heavy (non-hydrogen) atoms. The molecular formula is C8H8BrClO2S. The maximum Gasteiger partial charge on any atom is 0.151 e. The largest absolute Gasteiger partial charge is 0.229 e. The van der Waals surface area contributed by atoms with Gasteiger partial charge in [0.25, 0.3) is 0 Å². The average Bonchev–Trinajstić information content (AvgIpc) is 1.93. The van der Waals surface area contributed by atoms with E-state index >= 15 is 0 Å². The zero-order valence-corrected chi connectivity index (χ0v) is 10.1. The molecule has 72 valence electrons. The first-order valence-electron chi connectivity index (χ1n) is 3.50. The van der Waals surface area contributed by atoms with Crippen LogP contribution in [0.15, 0.2) is 22.7 Å². The molecule has 2 nitrogen and oxygen atoms in total. The molecule has 0 heterocycles. The van der Waals surface area contributed by atoms with Gasteiger partial charge in [0.05, 0.1) is 5.75 Å². The molecule has 5 heteroatoms. The summed E-state index contributed by atoms with van der Waals surface area (Å²) >= 11 is 8.96. The maximum atomic E-state index is 11.0. The molecule has 0 fully saturated rings. The van der Waals surface area contributed by atoms with Crippen molar-refractivity contribution in [3.05, 3.63) is 33.3 Å². The van der Waals surface area contributed by atoms with Gasteiger partial charge in [-0.25, -0.2) is 8.42 Å². The van der Waals surface area contributed by atoms with Crippen LogP contribution in [-0.2, 0) is 15.6 Å². The van der Waals surface area contributed by atoms with Crippen molar-refractivity contribution in [3.63, 3.8) is 0 Å². The summed E-state index contributed by atoms with van der Waals surface area (Å²) in [6, 6.07) is 5.06. The summed E-state index contributed by atoms with van der Waals surface area (Å²) in [4.78, 5) is 0. The Bertz CT molecular complexity index is 414. The summed E-state index contributed by atoms with van der Waals surface area (Å²) in [5.74, 6) is 0.0325. The highest BCUT2D eigenvalue weighted by atomic mass is 79.9. The van der Waals surface area contributed by atoms with E-state index in [4.69, 9.17) is 11.6 Å². The second-order valence-corrected chi connectivity index (χ2v) is 6.24. The fourth-order valence-corrected chi connectivity index (χ4v) is 2.75. The Morgan fingerprint density at radius 1 is 1.46 bits per heavy atom. The van der Waals surface area contributed by atoms with Gasteiger partial charge < -0.3 is 0 Å². The molecule has 0 atom stereocenters. The Hall–Kier alpha value is -0.0600. The van der Waals surface area contributed by atoms with Crippen LogP contribution in [0.2, 0.25) is 5.02 Å². The van der Waals surface area contributed by atoms with Crippen LogP contribution in [0.1, 0.15) is 5.56 Å². The number of benzene rings is 1. The highest BCUT2D eigenvalue weighted by Crippen LogP contribution is 2.22. The Labute approximate surface area is 91.0 Å². The molecule has 0 saturated heterocycles. The standard InChI is InChI=1S/C8H8BrClO2S/c1-13(11,12)5-6-2-3-7(10)4-8(6)9/h2-4H,5H2,1H3. The van der Waals surface area contributed by atoms with Crippen molar-refractivity contribution in [2.45, 2.75) is 5.75 Å². The molecule has 1 rings (SSSR count). The highest BCUT2D eigenvalue weighted by molar-refractivity contribution is 9.10. The lowest BCUT2D eigenvalue weighted by molar-refractivity contribution is 0.601. The average molecular weight is 284 g/mol. The van der Waals surface area contributed by atoms with Gasteiger partial charge in [-0.2, -0.15) is 0 Å². The van der Waals surface area contributed by atoms with E-state index in [0.29, 0.717) is 5.02 Å². The Morgan fingerprint density at radius 3 is 2.54 bits per heavy atom. The lowest BCUT2D eigenvalue weighted by atomic mass is 10.2. The van der Waals surface area contributed by atoms with Gasteiger partial charge in [0.2, 0.25) is 0 Å². The molecule has 0 aromatic heterocycles. The summed E-state index contributed by atoms with van der Waals surface area (Å²) < 4.78 is 22.7. The molecule has 0 aliphatic rings. The minimum atomic E-state index is -2.99. The summed E-state index contributed by atoms with van der Waals surface area (Å²) in [6.07, 6.45) is 1.20. The normalized spacial score (nSPS) is 11.6. The van der Waals surface area contributed by atoms with E-state index in [1.54, 1.807) is 18.2 Å². The molecule has 0 N–H and O–H groups in total. The van der Waals surface area contributed by atoms with Gasteiger partial charge in [0, 0.05) is 15.8 Å². The fourth-order valence-electron chi connectivity index (χ4n) is 0.921. The van der Waals surface area contributed by atoms with Crippen molar-refractivity contribution < 1.29 is 8.42 Å². The monoisotopic (exact) mass is 282 g/mol. The van der Waals surface area contributed by atoms with Crippen molar-refractivity contribution in [1.29, 1.82) is 0 Å². The van der Waals surface area contributed by atoms with Gasteiger partial charge in [-0.3, -0.25) is 0 Å². The third-order valence-corrected chi connectivity index (χ3v) is 3.24. The smallest absolute Gasteiger partial charge is 0.151 e. The van der Waals surface area contributed by atoms with Gasteiger partial charge >= 0.3 is 0 Å². The van der Waals surface area contributed by atoms with Crippen LogP contribution in [0.3, 0.4) is 0 Å². The fraction of sp³-hybridized carbons (Fsp3) is 0.250. The van der Waals surface area contributed by atoms with Gasteiger partial charge in [-0.05, 0) is 17.7 Å². The quantitative estimate of drug-likeness (QED) is 0.836. The first-order valence-corrected chi connectivity index (χ1v) is 6.73. The molecule has 0 aliphatic heterocycles. The van der Waals surface area contributed by atoms with Crippen molar-refractivity contribution >= 4 is 37.4 Å². The van der Waals surface area contributed by atoms with Crippen LogP contribution in [0.25, 0.3) is 0 Å². The van der Waals surface area contributed by atoms with E-state index in [1.807, 2.05) is 0 Å². The van der Waals surface area contributed by atoms with Crippen molar-refractivity contribution in [3.8, 4) is 0 Å². The van der Waals surface area contributed by atoms with Gasteiger partial charge in [-0.1, -0.05) is 33.6 Å². The van der Waals surface area contributed by atoms with Crippen LogP contribution < -0.4 is 0 Å². The van der Waals surface area contributed by atoms with Crippen LogP contribution >= 0.6 is 27.5 Å². The number of hydrogen-bond donors (Lipinski definition) is 0. The summed E-state index contributed by atoms with van der Waals surface area (Å²) in [5.41, 5.74) is 0.729. The topological polar surface area (TPSA) is 34.1 Å². The number of halogens is 2. The molecule has 0 aliphatic carbocycles. The maximum absolute atomic E-state index is 11.0. The Balaban J connectivity index is 3.04. The lowest BCUT2D eigenvalue weighted by Gasteiger charge is -2.02. The Morgan fingerprint density at radius 2 is 2.08 bits per heavy atom. The molecule has 0 unspecified atom stereocenters.